The van der Waals surface area contributed by atoms with Crippen LogP contribution in [0.1, 0.15) is 59.3 Å². The van der Waals surface area contributed by atoms with Crippen molar-refractivity contribution in [1.29, 1.82) is 0 Å². The van der Waals surface area contributed by atoms with E-state index >= 15 is 0 Å². The Balaban J connectivity index is 1.63. The molecule has 1 amide bonds. The molecule has 174 valence electrons. The van der Waals surface area contributed by atoms with Crippen molar-refractivity contribution in [2.45, 2.75) is 77.1 Å². The SMILES string of the molecule is CC1CC[C@H]2[C@H](C)CC[C@@H](C(C)C(O)CCC(=O)Nc3ccc(F)cc3)[C@@]2(OO)CO1. The summed E-state index contributed by atoms with van der Waals surface area (Å²) in [5.74, 6) is -0.260. The van der Waals surface area contributed by atoms with Crippen LogP contribution in [0.2, 0.25) is 0 Å². The maximum absolute atomic E-state index is 13.0. The molecule has 0 aromatic heterocycles. The minimum Gasteiger partial charge on any atom is -0.393 e. The van der Waals surface area contributed by atoms with Crippen molar-refractivity contribution in [2.75, 3.05) is 11.9 Å². The Hall–Kier alpha value is -1.54. The summed E-state index contributed by atoms with van der Waals surface area (Å²) in [6.07, 6.45) is 3.52. The van der Waals surface area contributed by atoms with Crippen LogP contribution in [0.4, 0.5) is 10.1 Å². The number of carbonyl (C=O) groups is 1. The zero-order chi connectivity index (χ0) is 22.6. The molecule has 7 heteroatoms. The number of aliphatic hydroxyl groups is 1. The predicted molar refractivity (Wildman–Crippen MR) is 116 cm³/mol. The molecule has 3 unspecified atom stereocenters. The van der Waals surface area contributed by atoms with Gasteiger partial charge in [-0.1, -0.05) is 13.8 Å². The number of rotatable bonds is 7. The van der Waals surface area contributed by atoms with Crippen LogP contribution >= 0.6 is 0 Å². The van der Waals surface area contributed by atoms with E-state index in [2.05, 4.69) is 12.2 Å². The topological polar surface area (TPSA) is 88.0 Å². The average molecular weight is 438 g/mol. The fraction of sp³-hybridized carbons (Fsp3) is 0.708. The number of fused-ring (bicyclic) bond motifs is 1. The second-order valence-electron chi connectivity index (χ2n) is 9.53. The van der Waals surface area contributed by atoms with Crippen LogP contribution in [0.25, 0.3) is 0 Å². The van der Waals surface area contributed by atoms with Crippen LogP contribution in [0.3, 0.4) is 0 Å². The minimum atomic E-state index is -0.834. The number of carbonyl (C=O) groups excluding carboxylic acids is 1. The summed E-state index contributed by atoms with van der Waals surface area (Å²) in [5, 5.41) is 23.7. The smallest absolute Gasteiger partial charge is 0.224 e. The van der Waals surface area contributed by atoms with Crippen molar-refractivity contribution in [2.24, 2.45) is 23.7 Å². The summed E-state index contributed by atoms with van der Waals surface area (Å²) >= 11 is 0. The fourth-order valence-corrected chi connectivity index (χ4v) is 5.59. The molecule has 1 aliphatic carbocycles. The third-order valence-electron chi connectivity index (χ3n) is 7.56. The van der Waals surface area contributed by atoms with E-state index in [4.69, 9.17) is 9.62 Å². The molecule has 3 N–H and O–H groups in total. The molecular weight excluding hydrogens is 401 g/mol. The summed E-state index contributed by atoms with van der Waals surface area (Å²) in [4.78, 5) is 17.5. The van der Waals surface area contributed by atoms with Gasteiger partial charge < -0.3 is 15.2 Å². The lowest BCUT2D eigenvalue weighted by molar-refractivity contribution is -0.377. The third-order valence-corrected chi connectivity index (χ3v) is 7.56. The Morgan fingerprint density at radius 1 is 1.26 bits per heavy atom. The van der Waals surface area contributed by atoms with E-state index in [9.17, 15) is 19.5 Å². The molecule has 0 bridgehead atoms. The van der Waals surface area contributed by atoms with Crippen LogP contribution in [0.5, 0.6) is 0 Å². The molecule has 1 aromatic rings. The van der Waals surface area contributed by atoms with Gasteiger partial charge in [-0.05, 0) is 87.0 Å². The molecule has 2 fully saturated rings. The largest absolute Gasteiger partial charge is 0.393 e. The van der Waals surface area contributed by atoms with Gasteiger partial charge in [-0.2, -0.15) is 0 Å². The second kappa shape index (κ2) is 10.4. The maximum Gasteiger partial charge on any atom is 0.224 e. The van der Waals surface area contributed by atoms with Gasteiger partial charge in [-0.3, -0.25) is 10.1 Å². The molecule has 1 saturated carbocycles. The number of aliphatic hydroxyl groups excluding tert-OH is 1. The highest BCUT2D eigenvalue weighted by Crippen LogP contribution is 2.51. The summed E-state index contributed by atoms with van der Waals surface area (Å²) in [6, 6.07) is 5.59. The van der Waals surface area contributed by atoms with Crippen LogP contribution in [0.15, 0.2) is 24.3 Å². The van der Waals surface area contributed by atoms with E-state index < -0.39 is 11.7 Å². The van der Waals surface area contributed by atoms with Gasteiger partial charge in [-0.25, -0.2) is 9.28 Å². The van der Waals surface area contributed by atoms with E-state index in [1.165, 1.54) is 24.3 Å². The van der Waals surface area contributed by atoms with E-state index in [1.54, 1.807) is 0 Å². The van der Waals surface area contributed by atoms with Crippen molar-refractivity contribution in [1.82, 2.24) is 0 Å². The molecular formula is C24H36FNO5. The first-order chi connectivity index (χ1) is 14.8. The Kier molecular flexibility index (Phi) is 8.08. The predicted octanol–water partition coefficient (Wildman–Crippen LogP) is 4.63. The van der Waals surface area contributed by atoms with E-state index in [1.807, 2.05) is 13.8 Å². The van der Waals surface area contributed by atoms with Gasteiger partial charge in [0.15, 0.2) is 0 Å². The average Bonchev–Trinajstić information content (AvgIpc) is 2.93. The van der Waals surface area contributed by atoms with Crippen LogP contribution in [-0.2, 0) is 14.4 Å². The normalized spacial score (nSPS) is 33.1. The van der Waals surface area contributed by atoms with E-state index in [-0.39, 0.29) is 42.0 Å². The molecule has 3 rings (SSSR count). The summed E-state index contributed by atoms with van der Waals surface area (Å²) in [6.45, 7) is 6.52. The van der Waals surface area contributed by atoms with E-state index in [0.717, 1.165) is 25.7 Å². The van der Waals surface area contributed by atoms with Crippen LogP contribution < -0.4 is 5.32 Å². The van der Waals surface area contributed by atoms with Crippen molar-refractivity contribution in [3.05, 3.63) is 30.1 Å². The number of ether oxygens (including phenoxy) is 1. The minimum absolute atomic E-state index is 0.0702. The van der Waals surface area contributed by atoms with Crippen LogP contribution in [-0.4, -0.2) is 40.7 Å². The number of halogens is 1. The molecule has 7 atom stereocenters. The first kappa shape index (κ1) is 24.1. The second-order valence-corrected chi connectivity index (χ2v) is 9.53. The quantitative estimate of drug-likeness (QED) is 0.428. The highest BCUT2D eigenvalue weighted by atomic mass is 19.1. The van der Waals surface area contributed by atoms with Gasteiger partial charge in [-0.15, -0.1) is 0 Å². The highest BCUT2D eigenvalue weighted by molar-refractivity contribution is 5.90. The number of anilines is 1. The molecule has 1 saturated heterocycles. The third kappa shape index (κ3) is 5.45. The number of hydrogen-bond acceptors (Lipinski definition) is 5. The van der Waals surface area contributed by atoms with Crippen molar-refractivity contribution >= 4 is 11.6 Å². The molecule has 6 nitrogen and oxygen atoms in total. The molecule has 1 aliphatic heterocycles. The van der Waals surface area contributed by atoms with Gasteiger partial charge in [0, 0.05) is 12.1 Å². The van der Waals surface area contributed by atoms with Crippen LogP contribution in [0, 0.1) is 29.5 Å². The van der Waals surface area contributed by atoms with Crippen molar-refractivity contribution in [3.8, 4) is 0 Å². The fourth-order valence-electron chi connectivity index (χ4n) is 5.59. The summed E-state index contributed by atoms with van der Waals surface area (Å²) < 4.78 is 19.0. The zero-order valence-corrected chi connectivity index (χ0v) is 18.7. The zero-order valence-electron chi connectivity index (χ0n) is 18.7. The van der Waals surface area contributed by atoms with Gasteiger partial charge in [0.2, 0.25) is 5.91 Å². The Bertz CT molecular complexity index is 729. The van der Waals surface area contributed by atoms with E-state index in [0.29, 0.717) is 24.6 Å². The Labute approximate surface area is 184 Å². The molecule has 2 aliphatic rings. The lowest BCUT2D eigenvalue weighted by Crippen LogP contribution is -2.58. The molecule has 0 radical (unpaired) electrons. The number of amides is 1. The van der Waals surface area contributed by atoms with Crippen molar-refractivity contribution in [3.63, 3.8) is 0 Å². The standard InChI is InChI=1S/C24H36FNO5/c1-15-4-10-21(24(31-29)14-30-16(2)5-11-20(15)24)17(3)22(27)12-13-23(28)26-19-8-6-18(25)7-9-19/h6-9,15-17,20-22,27,29H,4-5,10-14H2,1-3H3,(H,26,28)/t15-,16?,17?,20+,21+,22?,24-/m1/s1. The molecule has 1 aromatic carbocycles. The number of hydrogen-bond donors (Lipinski definition) is 3. The molecule has 0 spiro atoms. The highest BCUT2D eigenvalue weighted by Gasteiger charge is 2.55. The lowest BCUT2D eigenvalue weighted by atomic mass is 9.59. The van der Waals surface area contributed by atoms with Gasteiger partial charge in [0.1, 0.15) is 11.4 Å². The first-order valence-electron chi connectivity index (χ1n) is 11.4. The summed E-state index contributed by atoms with van der Waals surface area (Å²) in [7, 11) is 0. The Morgan fingerprint density at radius 2 is 1.97 bits per heavy atom. The van der Waals surface area contributed by atoms with Crippen molar-refractivity contribution < 1.29 is 29.2 Å². The van der Waals surface area contributed by atoms with Gasteiger partial charge in [0.25, 0.3) is 0 Å². The monoisotopic (exact) mass is 437 g/mol. The number of benzene rings is 1. The maximum atomic E-state index is 13.0. The first-order valence-corrected chi connectivity index (χ1v) is 11.4. The molecule has 31 heavy (non-hydrogen) atoms. The lowest BCUT2D eigenvalue weighted by Gasteiger charge is -2.51. The number of nitrogens with one attached hydrogen (secondary N) is 1. The molecule has 1 heterocycles. The summed E-state index contributed by atoms with van der Waals surface area (Å²) in [5.41, 5.74) is -0.311. The van der Waals surface area contributed by atoms with Gasteiger partial charge >= 0.3 is 0 Å². The Morgan fingerprint density at radius 3 is 2.65 bits per heavy atom. The van der Waals surface area contributed by atoms with Gasteiger partial charge in [0.05, 0.1) is 18.8 Å².